The molecule has 1 unspecified atom stereocenters. The van der Waals surface area contributed by atoms with Gasteiger partial charge in [-0.2, -0.15) is 13.2 Å². The van der Waals surface area contributed by atoms with Crippen molar-refractivity contribution in [2.45, 2.75) is 37.4 Å². The fourth-order valence-corrected chi connectivity index (χ4v) is 3.16. The number of H-pyrrole nitrogens is 1. The number of hydrogen-bond acceptors (Lipinski definition) is 4. The van der Waals surface area contributed by atoms with Crippen LogP contribution in [0.4, 0.5) is 13.2 Å². The summed E-state index contributed by atoms with van der Waals surface area (Å²) in [4.78, 5) is 16.2. The van der Waals surface area contributed by atoms with Crippen molar-refractivity contribution in [3.05, 3.63) is 39.9 Å². The number of nitrogens with one attached hydrogen (secondary N) is 2. The van der Waals surface area contributed by atoms with E-state index in [2.05, 4.69) is 36.4 Å². The Morgan fingerprint density at radius 3 is 2.65 bits per heavy atom. The van der Waals surface area contributed by atoms with Gasteiger partial charge in [-0.25, -0.2) is 4.98 Å². The Labute approximate surface area is 155 Å². The van der Waals surface area contributed by atoms with Gasteiger partial charge in [0.25, 0.3) is 5.82 Å². The molecule has 2 N–H and O–H groups in total. The molecule has 10 heteroatoms. The quantitative estimate of drug-likeness (QED) is 0.757. The summed E-state index contributed by atoms with van der Waals surface area (Å²) < 4.78 is 44.0. The molecule has 3 rings (SSSR count). The number of methoxy groups -OCH3 is 1. The summed E-state index contributed by atoms with van der Waals surface area (Å²) in [7, 11) is 1.52. The van der Waals surface area contributed by atoms with Gasteiger partial charge in [0.1, 0.15) is 11.6 Å². The molecule has 1 aromatic carbocycles. The monoisotopic (exact) mass is 432 g/mol. The van der Waals surface area contributed by atoms with Crippen LogP contribution in [0.15, 0.2) is 22.7 Å². The second-order valence-corrected chi connectivity index (χ2v) is 7.08. The van der Waals surface area contributed by atoms with Gasteiger partial charge in [0.15, 0.2) is 0 Å². The Kier molecular flexibility index (Phi) is 4.72. The van der Waals surface area contributed by atoms with Crippen LogP contribution in [0.5, 0.6) is 5.75 Å². The molecular weight excluding hydrogens is 417 g/mol. The lowest BCUT2D eigenvalue weighted by atomic mass is 9.93. The van der Waals surface area contributed by atoms with Gasteiger partial charge in [0.2, 0.25) is 5.91 Å². The highest BCUT2D eigenvalue weighted by molar-refractivity contribution is 9.10. The summed E-state index contributed by atoms with van der Waals surface area (Å²) in [5.41, 5.74) is -0.0105. The number of nitrogens with zero attached hydrogens (tertiary/aromatic N) is 2. The van der Waals surface area contributed by atoms with Crippen molar-refractivity contribution in [1.82, 2.24) is 20.5 Å². The van der Waals surface area contributed by atoms with Crippen LogP contribution in [0.2, 0.25) is 0 Å². The van der Waals surface area contributed by atoms with Gasteiger partial charge in [-0.05, 0) is 38.0 Å². The molecule has 0 aliphatic heterocycles. The molecule has 1 saturated carbocycles. The molecule has 0 bridgehead atoms. The number of carbonyl (C=O) groups is 1. The molecule has 0 radical (unpaired) electrons. The topological polar surface area (TPSA) is 79.9 Å². The number of rotatable bonds is 5. The number of amides is 1. The van der Waals surface area contributed by atoms with Gasteiger partial charge in [-0.15, -0.1) is 5.10 Å². The molecule has 1 fully saturated rings. The first-order valence-corrected chi connectivity index (χ1v) is 8.61. The maximum atomic E-state index is 12.8. The zero-order valence-electron chi connectivity index (χ0n) is 13.9. The van der Waals surface area contributed by atoms with E-state index in [1.165, 1.54) is 7.11 Å². The number of benzene rings is 1. The van der Waals surface area contributed by atoms with E-state index < -0.39 is 23.5 Å². The predicted molar refractivity (Wildman–Crippen MR) is 89.5 cm³/mol. The van der Waals surface area contributed by atoms with Crippen LogP contribution in [-0.2, 0) is 16.4 Å². The van der Waals surface area contributed by atoms with Crippen LogP contribution >= 0.6 is 15.9 Å². The lowest BCUT2D eigenvalue weighted by Gasteiger charge is -2.21. The number of aromatic amines is 1. The van der Waals surface area contributed by atoms with Crippen LogP contribution in [0.1, 0.15) is 43.0 Å². The van der Waals surface area contributed by atoms with Crippen molar-refractivity contribution >= 4 is 21.8 Å². The van der Waals surface area contributed by atoms with E-state index in [4.69, 9.17) is 4.74 Å². The fraction of sp³-hybridized carbons (Fsp3) is 0.438. The van der Waals surface area contributed by atoms with E-state index in [0.29, 0.717) is 18.6 Å². The van der Waals surface area contributed by atoms with Crippen LogP contribution in [-0.4, -0.2) is 28.2 Å². The molecule has 0 spiro atoms. The Morgan fingerprint density at radius 1 is 1.42 bits per heavy atom. The molecule has 1 aromatic heterocycles. The highest BCUT2D eigenvalue weighted by Crippen LogP contribution is 2.52. The first-order chi connectivity index (χ1) is 12.2. The van der Waals surface area contributed by atoms with E-state index in [1.54, 1.807) is 13.0 Å². The molecule has 0 saturated heterocycles. The van der Waals surface area contributed by atoms with Gasteiger partial charge >= 0.3 is 6.18 Å². The molecule has 140 valence electrons. The summed E-state index contributed by atoms with van der Waals surface area (Å²) in [5.74, 6) is -1.01. The molecule has 26 heavy (non-hydrogen) atoms. The van der Waals surface area contributed by atoms with Crippen LogP contribution in [0.3, 0.4) is 0 Å². The molecule has 1 aliphatic carbocycles. The minimum absolute atomic E-state index is 0.0531. The lowest BCUT2D eigenvalue weighted by molar-refractivity contribution is -0.144. The van der Waals surface area contributed by atoms with Crippen molar-refractivity contribution < 1.29 is 22.7 Å². The van der Waals surface area contributed by atoms with Crippen LogP contribution in [0, 0.1) is 0 Å². The smallest absolute Gasteiger partial charge is 0.453 e. The molecule has 1 amide bonds. The molecule has 1 atom stereocenters. The van der Waals surface area contributed by atoms with Crippen molar-refractivity contribution in [3.8, 4) is 5.75 Å². The normalized spacial score (nSPS) is 16.8. The van der Waals surface area contributed by atoms with Crippen molar-refractivity contribution in [2.75, 3.05) is 7.11 Å². The average molecular weight is 433 g/mol. The highest BCUT2D eigenvalue weighted by atomic mass is 79.9. The zero-order chi connectivity index (χ0) is 19.1. The third-order valence-electron chi connectivity index (χ3n) is 4.38. The molecule has 2 aromatic rings. The summed E-state index contributed by atoms with van der Waals surface area (Å²) in [6.45, 7) is 1.55. The number of carbonyl (C=O) groups excluding carboxylic acids is 1. The third kappa shape index (κ3) is 3.42. The number of alkyl halides is 3. The maximum absolute atomic E-state index is 12.8. The second-order valence-electron chi connectivity index (χ2n) is 6.16. The van der Waals surface area contributed by atoms with E-state index in [1.807, 2.05) is 12.1 Å². The first-order valence-electron chi connectivity index (χ1n) is 7.82. The van der Waals surface area contributed by atoms with Crippen molar-refractivity contribution in [1.29, 1.82) is 0 Å². The fourth-order valence-electron chi connectivity index (χ4n) is 2.80. The maximum Gasteiger partial charge on any atom is 0.453 e. The zero-order valence-corrected chi connectivity index (χ0v) is 15.5. The molecular formula is C16H16BrF3N4O2. The predicted octanol–water partition coefficient (Wildman–Crippen LogP) is 3.50. The molecule has 1 heterocycles. The summed E-state index contributed by atoms with van der Waals surface area (Å²) >= 11 is 3.39. The SMILES string of the molecule is COc1ccc(Br)cc1C1(C(=O)NC(C)c2nc(C(F)(F)F)n[nH]2)CC1. The standard InChI is InChI=1S/C16H16BrF3N4O2/c1-8(12-22-13(24-23-12)16(18,19)20)21-14(25)15(5-6-15)10-7-9(17)3-4-11(10)26-2/h3-4,7-8H,5-6H2,1-2H3,(H,21,25)(H,22,23,24). The van der Waals surface area contributed by atoms with Gasteiger partial charge in [0.05, 0.1) is 18.6 Å². The van der Waals surface area contributed by atoms with E-state index in [9.17, 15) is 18.0 Å². The minimum atomic E-state index is -4.64. The highest BCUT2D eigenvalue weighted by Gasteiger charge is 2.53. The van der Waals surface area contributed by atoms with E-state index in [-0.39, 0.29) is 11.7 Å². The van der Waals surface area contributed by atoms with Gasteiger partial charge in [0, 0.05) is 10.0 Å². The van der Waals surface area contributed by atoms with Gasteiger partial charge < -0.3 is 10.1 Å². The van der Waals surface area contributed by atoms with Crippen LogP contribution < -0.4 is 10.1 Å². The number of halogens is 4. The summed E-state index contributed by atoms with van der Waals surface area (Å²) in [5, 5.41) is 8.11. The number of hydrogen-bond donors (Lipinski definition) is 2. The van der Waals surface area contributed by atoms with Crippen molar-refractivity contribution in [3.63, 3.8) is 0 Å². The summed E-state index contributed by atoms with van der Waals surface area (Å²) in [6.07, 6.45) is -3.38. The Bertz CT molecular complexity index is 833. The number of aromatic nitrogens is 3. The lowest BCUT2D eigenvalue weighted by Crippen LogP contribution is -2.37. The Balaban J connectivity index is 1.80. The molecule has 6 nitrogen and oxygen atoms in total. The molecule has 1 aliphatic rings. The van der Waals surface area contributed by atoms with Crippen LogP contribution in [0.25, 0.3) is 0 Å². The Morgan fingerprint density at radius 2 is 2.12 bits per heavy atom. The van der Waals surface area contributed by atoms with Gasteiger partial charge in [-0.1, -0.05) is 15.9 Å². The van der Waals surface area contributed by atoms with E-state index in [0.717, 1.165) is 10.0 Å². The first kappa shape index (κ1) is 18.7. The van der Waals surface area contributed by atoms with E-state index >= 15 is 0 Å². The summed E-state index contributed by atoms with van der Waals surface area (Å²) in [6, 6.07) is 4.66. The Hall–Kier alpha value is -2.10. The second kappa shape index (κ2) is 6.57. The largest absolute Gasteiger partial charge is 0.496 e. The third-order valence-corrected chi connectivity index (χ3v) is 4.87. The number of ether oxygens (including phenoxy) is 1. The van der Waals surface area contributed by atoms with Gasteiger partial charge in [-0.3, -0.25) is 9.89 Å². The van der Waals surface area contributed by atoms with Crippen molar-refractivity contribution in [2.24, 2.45) is 0 Å². The average Bonchev–Trinajstić information content (AvgIpc) is 3.22. The minimum Gasteiger partial charge on any atom is -0.496 e.